The Labute approximate surface area is 120 Å². The van der Waals surface area contributed by atoms with Crippen LogP contribution in [0.15, 0.2) is 11.1 Å². The molecule has 2 rings (SSSR count). The van der Waals surface area contributed by atoms with Crippen molar-refractivity contribution in [1.82, 2.24) is 19.5 Å². The molecule has 6 heteroatoms. The fourth-order valence-electron chi connectivity index (χ4n) is 1.99. The Balaban J connectivity index is 2.38. The summed E-state index contributed by atoms with van der Waals surface area (Å²) in [7, 11) is 0. The van der Waals surface area contributed by atoms with Gasteiger partial charge in [0.1, 0.15) is 6.33 Å². The molecule has 0 atom stereocenters. The Morgan fingerprint density at radius 1 is 1.47 bits per heavy atom. The van der Waals surface area contributed by atoms with Crippen LogP contribution in [0, 0.1) is 17.8 Å². The van der Waals surface area contributed by atoms with Crippen LogP contribution >= 0.6 is 15.9 Å². The average molecular weight is 322 g/mol. The quantitative estimate of drug-likeness (QED) is 0.694. The van der Waals surface area contributed by atoms with Gasteiger partial charge in [0.15, 0.2) is 21.7 Å². The van der Waals surface area contributed by atoms with Gasteiger partial charge in [-0.15, -0.1) is 12.3 Å². The van der Waals surface area contributed by atoms with Gasteiger partial charge in [-0.25, -0.2) is 15.0 Å². The monoisotopic (exact) mass is 321 g/mol. The summed E-state index contributed by atoms with van der Waals surface area (Å²) in [6.07, 6.45) is 8.49. The first kappa shape index (κ1) is 13.8. The van der Waals surface area contributed by atoms with Gasteiger partial charge in [0.05, 0.1) is 0 Å². The van der Waals surface area contributed by atoms with Crippen LogP contribution in [-0.4, -0.2) is 19.5 Å². The first-order valence-corrected chi connectivity index (χ1v) is 6.79. The number of anilines is 1. The van der Waals surface area contributed by atoms with Crippen molar-refractivity contribution in [2.75, 3.05) is 5.73 Å². The lowest BCUT2D eigenvalue weighted by Crippen LogP contribution is -2.20. The third kappa shape index (κ3) is 2.87. The van der Waals surface area contributed by atoms with Crippen LogP contribution in [0.3, 0.4) is 0 Å². The molecule has 0 aliphatic carbocycles. The highest BCUT2D eigenvalue weighted by Crippen LogP contribution is 2.29. The van der Waals surface area contributed by atoms with Crippen molar-refractivity contribution in [3.63, 3.8) is 0 Å². The summed E-state index contributed by atoms with van der Waals surface area (Å²) < 4.78 is 2.72. The molecule has 0 aromatic carbocycles. The summed E-state index contributed by atoms with van der Waals surface area (Å²) in [4.78, 5) is 12.6. The van der Waals surface area contributed by atoms with E-state index in [-0.39, 0.29) is 5.41 Å². The molecule has 0 radical (unpaired) electrons. The Morgan fingerprint density at radius 2 is 2.21 bits per heavy atom. The second kappa shape index (κ2) is 5.17. The summed E-state index contributed by atoms with van der Waals surface area (Å²) in [5.74, 6) is 3.08. The topological polar surface area (TPSA) is 69.6 Å². The molecular formula is C13H16BrN5. The molecule has 2 aromatic rings. The highest BCUT2D eigenvalue weighted by molar-refractivity contribution is 9.10. The molecule has 2 heterocycles. The lowest BCUT2D eigenvalue weighted by molar-refractivity contribution is 0.286. The van der Waals surface area contributed by atoms with Crippen LogP contribution in [0.5, 0.6) is 0 Å². The second-order valence-electron chi connectivity index (χ2n) is 5.27. The number of nitrogen functional groups attached to an aromatic ring is 1. The van der Waals surface area contributed by atoms with Crippen LogP contribution in [0.1, 0.15) is 26.7 Å². The minimum Gasteiger partial charge on any atom is -0.382 e. The summed E-state index contributed by atoms with van der Waals surface area (Å²) in [6.45, 7) is 5.11. The fraction of sp³-hybridized carbons (Fsp3) is 0.462. The number of halogens is 1. The van der Waals surface area contributed by atoms with Crippen molar-refractivity contribution < 1.29 is 0 Å². The summed E-state index contributed by atoms with van der Waals surface area (Å²) >= 11 is 3.45. The van der Waals surface area contributed by atoms with Gasteiger partial charge in [0.25, 0.3) is 0 Å². The van der Waals surface area contributed by atoms with E-state index in [1.165, 1.54) is 6.33 Å². The first-order valence-electron chi connectivity index (χ1n) is 6.00. The van der Waals surface area contributed by atoms with Crippen molar-refractivity contribution in [3.8, 4) is 12.3 Å². The van der Waals surface area contributed by atoms with Gasteiger partial charge < -0.3 is 10.3 Å². The van der Waals surface area contributed by atoms with E-state index in [1.54, 1.807) is 0 Å². The van der Waals surface area contributed by atoms with Gasteiger partial charge >= 0.3 is 0 Å². The number of nitrogens with zero attached hydrogens (tertiary/aromatic N) is 4. The predicted molar refractivity (Wildman–Crippen MR) is 79.3 cm³/mol. The largest absolute Gasteiger partial charge is 0.382 e. The summed E-state index contributed by atoms with van der Waals surface area (Å²) in [6, 6.07) is 0. The minimum atomic E-state index is 0.0578. The summed E-state index contributed by atoms with van der Waals surface area (Å²) in [5.41, 5.74) is 7.24. The van der Waals surface area contributed by atoms with Gasteiger partial charge in [0, 0.05) is 13.0 Å². The maximum atomic E-state index is 5.81. The molecule has 0 amide bonds. The Morgan fingerprint density at radius 3 is 2.89 bits per heavy atom. The molecule has 0 unspecified atom stereocenters. The normalized spacial score (nSPS) is 11.7. The van der Waals surface area contributed by atoms with Crippen molar-refractivity contribution in [2.45, 2.75) is 33.2 Å². The maximum Gasteiger partial charge on any atom is 0.179 e. The van der Waals surface area contributed by atoms with Gasteiger partial charge in [-0.05, 0) is 27.8 Å². The molecule has 2 N–H and O–H groups in total. The van der Waals surface area contributed by atoms with Crippen molar-refractivity contribution in [2.24, 2.45) is 5.41 Å². The van der Waals surface area contributed by atoms with Gasteiger partial charge in [-0.3, -0.25) is 0 Å². The molecule has 0 aliphatic rings. The molecule has 0 fully saturated rings. The number of hydrogen-bond donors (Lipinski definition) is 1. The number of fused-ring (bicyclic) bond motifs is 1. The summed E-state index contributed by atoms with van der Waals surface area (Å²) in [5, 5.41) is 0. The molecule has 0 saturated heterocycles. The lowest BCUT2D eigenvalue weighted by atomic mass is 9.88. The third-order valence-electron chi connectivity index (χ3n) is 3.05. The smallest absolute Gasteiger partial charge is 0.179 e. The highest BCUT2D eigenvalue weighted by Gasteiger charge is 2.22. The molecule has 0 aliphatic heterocycles. The Kier molecular flexibility index (Phi) is 3.76. The van der Waals surface area contributed by atoms with E-state index in [9.17, 15) is 0 Å². The molecule has 100 valence electrons. The lowest BCUT2D eigenvalue weighted by Gasteiger charge is -2.24. The zero-order valence-corrected chi connectivity index (χ0v) is 12.6. The molecule has 19 heavy (non-hydrogen) atoms. The zero-order chi connectivity index (χ0) is 14.0. The van der Waals surface area contributed by atoms with Crippen LogP contribution in [-0.2, 0) is 6.54 Å². The van der Waals surface area contributed by atoms with E-state index in [2.05, 4.69) is 50.6 Å². The van der Waals surface area contributed by atoms with Gasteiger partial charge in [-0.2, -0.15) is 0 Å². The number of aromatic nitrogens is 4. The number of nitrogens with two attached hydrogens (primary N) is 1. The van der Waals surface area contributed by atoms with E-state index in [4.69, 9.17) is 12.2 Å². The first-order chi connectivity index (χ1) is 8.94. The van der Waals surface area contributed by atoms with E-state index in [0.717, 1.165) is 25.0 Å². The molecule has 5 nitrogen and oxygen atoms in total. The SMILES string of the molecule is C#CCCC(C)(C)Cn1c(Br)nc2c(N)ncnc21. The fourth-order valence-corrected chi connectivity index (χ4v) is 2.46. The molecular weight excluding hydrogens is 306 g/mol. The predicted octanol–water partition coefficient (Wildman–Crippen LogP) is 2.61. The zero-order valence-electron chi connectivity index (χ0n) is 11.0. The second-order valence-corrected chi connectivity index (χ2v) is 5.98. The highest BCUT2D eigenvalue weighted by atomic mass is 79.9. The van der Waals surface area contributed by atoms with Crippen LogP contribution in [0.2, 0.25) is 0 Å². The van der Waals surface area contributed by atoms with E-state index < -0.39 is 0 Å². The van der Waals surface area contributed by atoms with Crippen molar-refractivity contribution in [1.29, 1.82) is 0 Å². The molecule has 2 aromatic heterocycles. The van der Waals surface area contributed by atoms with Crippen molar-refractivity contribution >= 4 is 32.9 Å². The minimum absolute atomic E-state index is 0.0578. The van der Waals surface area contributed by atoms with E-state index in [1.807, 2.05) is 4.57 Å². The molecule has 0 bridgehead atoms. The average Bonchev–Trinajstić information content (AvgIpc) is 2.66. The number of imidazole rings is 1. The molecule has 0 spiro atoms. The third-order valence-corrected chi connectivity index (χ3v) is 3.65. The van der Waals surface area contributed by atoms with Crippen LogP contribution in [0.4, 0.5) is 5.82 Å². The van der Waals surface area contributed by atoms with Crippen LogP contribution < -0.4 is 5.73 Å². The standard InChI is InChI=1S/C13H16BrN5/c1-4-5-6-13(2,3)7-19-11-9(18-12(19)14)10(15)16-8-17-11/h1,8H,5-7H2,2-3H3,(H2,15,16,17). The van der Waals surface area contributed by atoms with E-state index in [0.29, 0.717) is 16.1 Å². The maximum absolute atomic E-state index is 5.81. The van der Waals surface area contributed by atoms with E-state index >= 15 is 0 Å². The van der Waals surface area contributed by atoms with Crippen LogP contribution in [0.25, 0.3) is 11.2 Å². The van der Waals surface area contributed by atoms with Gasteiger partial charge in [0.2, 0.25) is 0 Å². The van der Waals surface area contributed by atoms with Crippen molar-refractivity contribution in [3.05, 3.63) is 11.1 Å². The Hall–Kier alpha value is -1.61. The number of rotatable bonds is 4. The number of terminal acetylenes is 1. The Bertz CT molecular complexity index is 638. The number of hydrogen-bond acceptors (Lipinski definition) is 4. The van der Waals surface area contributed by atoms with Gasteiger partial charge in [-0.1, -0.05) is 13.8 Å². The molecule has 0 saturated carbocycles.